The quantitative estimate of drug-likeness (QED) is 0.892. The van der Waals surface area contributed by atoms with Gasteiger partial charge >= 0.3 is 5.97 Å². The van der Waals surface area contributed by atoms with Gasteiger partial charge < -0.3 is 9.84 Å². The Kier molecular flexibility index (Phi) is 3.25. The second-order valence-corrected chi connectivity index (χ2v) is 6.35. The molecule has 0 saturated carbocycles. The van der Waals surface area contributed by atoms with E-state index >= 15 is 0 Å². The molecule has 1 heterocycles. The maximum atomic E-state index is 13.2. The minimum atomic E-state index is -3.09. The van der Waals surface area contributed by atoms with Crippen LogP contribution in [0.2, 0.25) is 0 Å². The highest BCUT2D eigenvalue weighted by Crippen LogP contribution is 2.22. The summed E-state index contributed by atoms with van der Waals surface area (Å²) in [6, 6.07) is 3.09. The van der Waals surface area contributed by atoms with Crippen molar-refractivity contribution in [2.45, 2.75) is 12.5 Å². The van der Waals surface area contributed by atoms with Crippen LogP contribution >= 0.6 is 0 Å². The van der Waals surface area contributed by atoms with Crippen LogP contribution in [-0.4, -0.2) is 37.1 Å². The van der Waals surface area contributed by atoms with Gasteiger partial charge in [0.25, 0.3) is 0 Å². The van der Waals surface area contributed by atoms with E-state index in [-0.39, 0.29) is 22.8 Å². The predicted octanol–water partition coefficient (Wildman–Crippen LogP) is 1.09. The molecule has 1 saturated heterocycles. The zero-order chi connectivity index (χ0) is 13.3. The van der Waals surface area contributed by atoms with Crippen molar-refractivity contribution in [1.82, 2.24) is 0 Å². The Morgan fingerprint density at radius 2 is 2.11 bits per heavy atom. The molecule has 1 unspecified atom stereocenters. The molecule has 7 heteroatoms. The molecule has 1 aliphatic rings. The van der Waals surface area contributed by atoms with Crippen LogP contribution in [0, 0.1) is 5.82 Å². The smallest absolute Gasteiger partial charge is 0.335 e. The fraction of sp³-hybridized carbons (Fsp3) is 0.364. The largest absolute Gasteiger partial charge is 0.489 e. The number of halogens is 1. The first-order chi connectivity index (χ1) is 8.35. The molecule has 0 radical (unpaired) electrons. The fourth-order valence-electron chi connectivity index (χ4n) is 1.80. The van der Waals surface area contributed by atoms with E-state index in [2.05, 4.69) is 0 Å². The lowest BCUT2D eigenvalue weighted by atomic mass is 10.2. The van der Waals surface area contributed by atoms with E-state index in [4.69, 9.17) is 9.84 Å². The van der Waals surface area contributed by atoms with Crippen LogP contribution < -0.4 is 4.74 Å². The summed E-state index contributed by atoms with van der Waals surface area (Å²) in [6.07, 6.45) is -0.209. The average molecular weight is 274 g/mol. The Balaban J connectivity index is 2.17. The van der Waals surface area contributed by atoms with Crippen LogP contribution in [0.25, 0.3) is 0 Å². The number of hydrogen-bond donors (Lipinski definition) is 1. The van der Waals surface area contributed by atoms with Crippen molar-refractivity contribution in [1.29, 1.82) is 0 Å². The van der Waals surface area contributed by atoms with Gasteiger partial charge in [-0.1, -0.05) is 0 Å². The van der Waals surface area contributed by atoms with E-state index < -0.39 is 27.7 Å². The van der Waals surface area contributed by atoms with E-state index in [0.717, 1.165) is 12.1 Å². The molecule has 2 rings (SSSR count). The van der Waals surface area contributed by atoms with E-state index in [1.54, 1.807) is 0 Å². The third kappa shape index (κ3) is 2.98. The average Bonchev–Trinajstić information content (AvgIpc) is 2.57. The van der Waals surface area contributed by atoms with E-state index in [0.29, 0.717) is 6.42 Å². The predicted molar refractivity (Wildman–Crippen MR) is 61.0 cm³/mol. The number of rotatable bonds is 3. The molecule has 1 aromatic carbocycles. The molecule has 0 spiro atoms. The van der Waals surface area contributed by atoms with Crippen molar-refractivity contribution in [2.24, 2.45) is 0 Å². The van der Waals surface area contributed by atoms with E-state index in [1.807, 2.05) is 0 Å². The van der Waals surface area contributed by atoms with Crippen molar-refractivity contribution in [3.8, 4) is 5.75 Å². The number of benzene rings is 1. The molecular formula is C11H11FO5S. The Morgan fingerprint density at radius 3 is 2.67 bits per heavy atom. The summed E-state index contributed by atoms with van der Waals surface area (Å²) in [5.74, 6) is -2.04. The van der Waals surface area contributed by atoms with Gasteiger partial charge in [-0.3, -0.25) is 0 Å². The first-order valence-corrected chi connectivity index (χ1v) is 7.09. The van der Waals surface area contributed by atoms with E-state index in [9.17, 15) is 17.6 Å². The van der Waals surface area contributed by atoms with Gasteiger partial charge in [-0.2, -0.15) is 0 Å². The Labute approximate surface area is 103 Å². The number of hydrogen-bond acceptors (Lipinski definition) is 4. The fourth-order valence-corrected chi connectivity index (χ4v) is 3.39. The molecule has 18 heavy (non-hydrogen) atoms. The number of ether oxygens (including phenoxy) is 1. The molecular weight excluding hydrogens is 263 g/mol. The molecule has 1 atom stereocenters. The SMILES string of the molecule is O=C(O)c1cc(F)cc(OC2CCS(=O)(=O)C2)c1. The Hall–Kier alpha value is -1.63. The van der Waals surface area contributed by atoms with Crippen LogP contribution in [0.1, 0.15) is 16.8 Å². The minimum absolute atomic E-state index is 0.0366. The van der Waals surface area contributed by atoms with Crippen molar-refractivity contribution >= 4 is 15.8 Å². The molecule has 5 nitrogen and oxygen atoms in total. The molecule has 0 amide bonds. The first kappa shape index (κ1) is 12.8. The third-order valence-electron chi connectivity index (χ3n) is 2.61. The summed E-state index contributed by atoms with van der Waals surface area (Å²) < 4.78 is 40.9. The van der Waals surface area contributed by atoms with Crippen molar-refractivity contribution < 1.29 is 27.4 Å². The summed E-state index contributed by atoms with van der Waals surface area (Å²) in [4.78, 5) is 10.7. The third-order valence-corrected chi connectivity index (χ3v) is 4.35. The van der Waals surface area contributed by atoms with Crippen molar-refractivity contribution in [3.05, 3.63) is 29.6 Å². The second kappa shape index (κ2) is 4.56. The molecule has 0 bridgehead atoms. The molecule has 1 aromatic rings. The number of carbonyl (C=O) groups is 1. The first-order valence-electron chi connectivity index (χ1n) is 5.27. The highest BCUT2D eigenvalue weighted by atomic mass is 32.2. The minimum Gasteiger partial charge on any atom is -0.489 e. The number of sulfone groups is 1. The molecule has 1 aliphatic heterocycles. The highest BCUT2D eigenvalue weighted by molar-refractivity contribution is 7.91. The maximum absolute atomic E-state index is 13.2. The Morgan fingerprint density at radius 1 is 1.39 bits per heavy atom. The van der Waals surface area contributed by atoms with Gasteiger partial charge in [-0.05, 0) is 18.6 Å². The summed E-state index contributed by atoms with van der Waals surface area (Å²) in [5.41, 5.74) is -0.231. The topological polar surface area (TPSA) is 80.7 Å². The molecule has 0 aromatic heterocycles. The number of aromatic carboxylic acids is 1. The maximum Gasteiger partial charge on any atom is 0.335 e. The zero-order valence-electron chi connectivity index (χ0n) is 9.30. The highest BCUT2D eigenvalue weighted by Gasteiger charge is 2.29. The van der Waals surface area contributed by atoms with Crippen LogP contribution in [0.15, 0.2) is 18.2 Å². The molecule has 1 fully saturated rings. The second-order valence-electron chi connectivity index (χ2n) is 4.12. The van der Waals surface area contributed by atoms with Gasteiger partial charge in [-0.15, -0.1) is 0 Å². The van der Waals surface area contributed by atoms with Gasteiger partial charge in [0.05, 0.1) is 17.1 Å². The monoisotopic (exact) mass is 274 g/mol. The van der Waals surface area contributed by atoms with Crippen LogP contribution in [0.5, 0.6) is 5.75 Å². The number of carboxylic acids is 1. The van der Waals surface area contributed by atoms with Crippen LogP contribution in [-0.2, 0) is 9.84 Å². The summed E-state index contributed by atoms with van der Waals surface area (Å²) in [6.45, 7) is 0. The summed E-state index contributed by atoms with van der Waals surface area (Å²) >= 11 is 0. The van der Waals surface area contributed by atoms with Crippen molar-refractivity contribution in [3.63, 3.8) is 0 Å². The molecule has 98 valence electrons. The zero-order valence-corrected chi connectivity index (χ0v) is 10.1. The van der Waals surface area contributed by atoms with Gasteiger partial charge in [-0.25, -0.2) is 17.6 Å². The van der Waals surface area contributed by atoms with Gasteiger partial charge in [0.15, 0.2) is 9.84 Å². The van der Waals surface area contributed by atoms with Crippen LogP contribution in [0.3, 0.4) is 0 Å². The number of carboxylic acid groups (broad SMARTS) is 1. The lowest BCUT2D eigenvalue weighted by Crippen LogP contribution is -2.18. The van der Waals surface area contributed by atoms with Gasteiger partial charge in [0.1, 0.15) is 17.7 Å². The normalized spacial score (nSPS) is 21.7. The summed E-state index contributed by atoms with van der Waals surface area (Å²) in [7, 11) is -3.09. The summed E-state index contributed by atoms with van der Waals surface area (Å²) in [5, 5.41) is 8.76. The standard InChI is InChI=1S/C11H11FO5S/c12-8-3-7(11(13)14)4-10(5-8)17-9-1-2-18(15,16)6-9/h3-5,9H,1-2,6H2,(H,13,14). The van der Waals surface area contributed by atoms with Gasteiger partial charge in [0.2, 0.25) is 0 Å². The molecule has 0 aliphatic carbocycles. The van der Waals surface area contributed by atoms with Crippen molar-refractivity contribution in [2.75, 3.05) is 11.5 Å². The lowest BCUT2D eigenvalue weighted by Gasteiger charge is -2.12. The van der Waals surface area contributed by atoms with E-state index in [1.165, 1.54) is 6.07 Å². The van der Waals surface area contributed by atoms with Gasteiger partial charge in [0, 0.05) is 6.07 Å². The Bertz CT molecular complexity index is 581. The van der Waals surface area contributed by atoms with Crippen LogP contribution in [0.4, 0.5) is 4.39 Å². The molecule has 1 N–H and O–H groups in total. The lowest BCUT2D eigenvalue weighted by molar-refractivity contribution is 0.0695.